The normalized spacial score (nSPS) is 21.5. The Labute approximate surface area is 92.6 Å². The van der Waals surface area contributed by atoms with E-state index in [9.17, 15) is 4.79 Å². The van der Waals surface area contributed by atoms with Crippen LogP contribution in [-0.4, -0.2) is 44.6 Å². The Morgan fingerprint density at radius 2 is 2.67 bits per heavy atom. The van der Waals surface area contributed by atoms with Crippen molar-refractivity contribution < 1.29 is 4.79 Å². The first-order chi connectivity index (χ1) is 7.27. The number of thioether (sulfide) groups is 1. The summed E-state index contributed by atoms with van der Waals surface area (Å²) in [5.74, 6) is 2.65. The zero-order valence-electron chi connectivity index (χ0n) is 8.64. The Kier molecular flexibility index (Phi) is 3.37. The summed E-state index contributed by atoms with van der Waals surface area (Å²) >= 11 is 1.89. The number of carbonyl (C=O) groups excluding carboxylic acids is 1. The third-order valence-electron chi connectivity index (χ3n) is 2.39. The molecule has 0 spiro atoms. The Balaban J connectivity index is 1.94. The van der Waals surface area contributed by atoms with Crippen molar-refractivity contribution in [3.8, 4) is 0 Å². The van der Waals surface area contributed by atoms with Crippen LogP contribution in [0.1, 0.15) is 17.0 Å². The van der Waals surface area contributed by atoms with E-state index in [4.69, 9.17) is 0 Å². The minimum Gasteiger partial charge on any atom is -0.312 e. The van der Waals surface area contributed by atoms with Crippen LogP contribution in [0.2, 0.25) is 0 Å². The molecule has 2 rings (SSSR count). The number of nitrogens with one attached hydrogen (secondary N) is 1. The fourth-order valence-electron chi connectivity index (χ4n) is 1.61. The topological polar surface area (TPSA) is 59.8 Å². The summed E-state index contributed by atoms with van der Waals surface area (Å²) in [5.41, 5.74) is 0. The summed E-state index contributed by atoms with van der Waals surface area (Å²) in [6.07, 6.45) is 1.93. The molecule has 0 saturated carbocycles. The molecule has 0 radical (unpaired) electrons. The average molecular weight is 226 g/mol. The Morgan fingerprint density at radius 1 is 1.80 bits per heavy atom. The highest BCUT2D eigenvalue weighted by Crippen LogP contribution is 2.12. The monoisotopic (exact) mass is 226 g/mol. The molecule has 1 aromatic rings. The van der Waals surface area contributed by atoms with Crippen molar-refractivity contribution in [1.29, 1.82) is 0 Å². The molecule has 0 bridgehead atoms. The van der Waals surface area contributed by atoms with Crippen molar-refractivity contribution in [2.45, 2.75) is 12.5 Å². The molecule has 5 nitrogen and oxygen atoms in total. The number of aryl methyl sites for hydroxylation is 1. The molecule has 1 unspecified atom stereocenters. The van der Waals surface area contributed by atoms with Crippen LogP contribution in [0.15, 0.2) is 6.33 Å². The lowest BCUT2D eigenvalue weighted by Crippen LogP contribution is -2.39. The first kappa shape index (κ1) is 10.6. The van der Waals surface area contributed by atoms with Crippen LogP contribution < -0.4 is 5.32 Å². The van der Waals surface area contributed by atoms with Gasteiger partial charge in [0.05, 0.1) is 0 Å². The predicted molar refractivity (Wildman–Crippen MR) is 59.1 cm³/mol. The lowest BCUT2D eigenvalue weighted by Gasteiger charge is -2.22. The molecule has 15 heavy (non-hydrogen) atoms. The molecule has 1 N–H and O–H groups in total. The van der Waals surface area contributed by atoms with Crippen molar-refractivity contribution in [2.24, 2.45) is 7.05 Å². The minimum absolute atomic E-state index is 0.0648. The van der Waals surface area contributed by atoms with Crippen molar-refractivity contribution in [3.05, 3.63) is 12.2 Å². The van der Waals surface area contributed by atoms with Crippen LogP contribution >= 0.6 is 11.8 Å². The summed E-state index contributed by atoms with van der Waals surface area (Å²) in [6.45, 7) is 0.988. The highest BCUT2D eigenvalue weighted by Gasteiger charge is 2.20. The quantitative estimate of drug-likeness (QED) is 0.740. The van der Waals surface area contributed by atoms with Gasteiger partial charge in [-0.1, -0.05) is 0 Å². The molecule has 6 heteroatoms. The summed E-state index contributed by atoms with van der Waals surface area (Å²) in [4.78, 5) is 15.8. The number of nitrogens with zero attached hydrogens (tertiary/aromatic N) is 3. The van der Waals surface area contributed by atoms with Gasteiger partial charge in [-0.15, -0.1) is 0 Å². The molecular formula is C9H14N4OS. The zero-order valence-corrected chi connectivity index (χ0v) is 9.46. The van der Waals surface area contributed by atoms with Gasteiger partial charge in [0, 0.05) is 37.6 Å². The maximum absolute atomic E-state index is 11.8. The van der Waals surface area contributed by atoms with Crippen LogP contribution in [0.25, 0.3) is 0 Å². The zero-order chi connectivity index (χ0) is 10.7. The standard InChI is InChI=1S/C9H14N4OS/c1-13-9(11-6-12-13)8(14)4-7-5-15-3-2-10-7/h6-7,10H,2-5H2,1H3. The number of aromatic nitrogens is 3. The van der Waals surface area contributed by atoms with E-state index in [2.05, 4.69) is 15.4 Å². The lowest BCUT2D eigenvalue weighted by atomic mass is 10.1. The summed E-state index contributed by atoms with van der Waals surface area (Å²) in [5, 5.41) is 7.22. The van der Waals surface area contributed by atoms with Crippen molar-refractivity contribution in [2.75, 3.05) is 18.1 Å². The number of hydrogen-bond donors (Lipinski definition) is 1. The molecule has 1 aliphatic rings. The van der Waals surface area contributed by atoms with Gasteiger partial charge in [-0.3, -0.25) is 4.79 Å². The van der Waals surface area contributed by atoms with Crippen LogP contribution in [-0.2, 0) is 7.05 Å². The van der Waals surface area contributed by atoms with Crippen molar-refractivity contribution in [1.82, 2.24) is 20.1 Å². The van der Waals surface area contributed by atoms with Gasteiger partial charge in [0.2, 0.25) is 5.78 Å². The van der Waals surface area contributed by atoms with E-state index < -0.39 is 0 Å². The highest BCUT2D eigenvalue weighted by atomic mass is 32.2. The molecule has 1 aliphatic heterocycles. The fourth-order valence-corrected chi connectivity index (χ4v) is 2.56. The number of carbonyl (C=O) groups is 1. The van der Waals surface area contributed by atoms with E-state index in [1.165, 1.54) is 11.0 Å². The van der Waals surface area contributed by atoms with Gasteiger partial charge in [0.15, 0.2) is 5.82 Å². The van der Waals surface area contributed by atoms with Gasteiger partial charge in [-0.05, 0) is 0 Å². The van der Waals surface area contributed by atoms with Gasteiger partial charge in [0.25, 0.3) is 0 Å². The van der Waals surface area contributed by atoms with Crippen LogP contribution in [0.3, 0.4) is 0 Å². The summed E-state index contributed by atoms with van der Waals surface area (Å²) in [7, 11) is 1.74. The van der Waals surface area contributed by atoms with E-state index in [-0.39, 0.29) is 11.8 Å². The summed E-state index contributed by atoms with van der Waals surface area (Å²) in [6, 6.07) is 0.285. The van der Waals surface area contributed by atoms with Gasteiger partial charge in [0.1, 0.15) is 6.33 Å². The third-order valence-corrected chi connectivity index (χ3v) is 3.52. The molecule has 0 amide bonds. The second kappa shape index (κ2) is 4.76. The summed E-state index contributed by atoms with van der Waals surface area (Å²) < 4.78 is 1.53. The minimum atomic E-state index is 0.0648. The third kappa shape index (κ3) is 2.57. The van der Waals surface area contributed by atoms with Gasteiger partial charge < -0.3 is 5.32 Å². The molecule has 1 fully saturated rings. The maximum Gasteiger partial charge on any atom is 0.201 e. The smallest absolute Gasteiger partial charge is 0.201 e. The Hall–Kier alpha value is -0.880. The Morgan fingerprint density at radius 3 is 3.27 bits per heavy atom. The number of rotatable bonds is 3. The van der Waals surface area contributed by atoms with E-state index in [0.717, 1.165) is 18.1 Å². The maximum atomic E-state index is 11.8. The number of Topliss-reactive ketones (excluding diaryl/α,β-unsaturated/α-hetero) is 1. The van der Waals surface area contributed by atoms with Gasteiger partial charge in [-0.25, -0.2) is 9.67 Å². The van der Waals surface area contributed by atoms with Crippen LogP contribution in [0, 0.1) is 0 Å². The van der Waals surface area contributed by atoms with E-state index in [1.54, 1.807) is 7.05 Å². The SMILES string of the molecule is Cn1ncnc1C(=O)CC1CSCCN1. The first-order valence-corrected chi connectivity index (χ1v) is 6.11. The predicted octanol–water partition coefficient (Wildman–Crippen LogP) is 0.0929. The van der Waals surface area contributed by atoms with E-state index in [1.807, 2.05) is 11.8 Å². The highest BCUT2D eigenvalue weighted by molar-refractivity contribution is 7.99. The molecule has 0 aliphatic carbocycles. The second-order valence-corrected chi connectivity index (χ2v) is 4.71. The van der Waals surface area contributed by atoms with Crippen molar-refractivity contribution >= 4 is 17.5 Å². The van der Waals surface area contributed by atoms with Crippen LogP contribution in [0.5, 0.6) is 0 Å². The largest absolute Gasteiger partial charge is 0.312 e. The number of ketones is 1. The van der Waals surface area contributed by atoms with Gasteiger partial charge >= 0.3 is 0 Å². The number of hydrogen-bond acceptors (Lipinski definition) is 5. The average Bonchev–Trinajstić information content (AvgIpc) is 2.66. The van der Waals surface area contributed by atoms with Gasteiger partial charge in [-0.2, -0.15) is 16.9 Å². The molecule has 1 saturated heterocycles. The van der Waals surface area contributed by atoms with E-state index in [0.29, 0.717) is 12.2 Å². The Bertz CT molecular complexity index is 346. The van der Waals surface area contributed by atoms with Crippen LogP contribution in [0.4, 0.5) is 0 Å². The molecule has 0 aromatic carbocycles. The van der Waals surface area contributed by atoms with Crippen molar-refractivity contribution in [3.63, 3.8) is 0 Å². The van der Waals surface area contributed by atoms with E-state index >= 15 is 0 Å². The molecule has 82 valence electrons. The second-order valence-electron chi connectivity index (χ2n) is 3.56. The first-order valence-electron chi connectivity index (χ1n) is 4.95. The molecule has 2 heterocycles. The molecule has 1 atom stereocenters. The molecule has 1 aromatic heterocycles. The fraction of sp³-hybridized carbons (Fsp3) is 0.667. The molecular weight excluding hydrogens is 212 g/mol. The lowest BCUT2D eigenvalue weighted by molar-refractivity contribution is 0.0958.